The fraction of sp³-hybridized carbons (Fsp3) is 0.440. The molecule has 0 bridgehead atoms. The number of carbonyl (C=O) groups is 4. The number of nitrogens with two attached hydrogens (primary N) is 1. The van der Waals surface area contributed by atoms with Gasteiger partial charge in [-0.2, -0.15) is 0 Å². The lowest BCUT2D eigenvalue weighted by Crippen LogP contribution is -2.65. The number of nitrogens with zero attached hydrogens (tertiary/aromatic N) is 2. The molecule has 0 spiro atoms. The molecule has 0 aromatic heterocycles. The molecule has 12 nitrogen and oxygen atoms in total. The normalized spacial score (nSPS) is 25.3. The van der Waals surface area contributed by atoms with E-state index in [1.165, 1.54) is 4.90 Å². The minimum atomic E-state index is -2.72. The summed E-state index contributed by atoms with van der Waals surface area (Å²) in [5.41, 5.74) is 2.44. The lowest BCUT2D eigenvalue weighted by atomic mass is 9.57. The molecule has 15 heteroatoms. The Bertz CT molecular complexity index is 1360. The number of hydrogen-bond donors (Lipinski definition) is 6. The molecule has 220 valence electrons. The summed E-state index contributed by atoms with van der Waals surface area (Å²) in [6, 6.07) is 0.394. The summed E-state index contributed by atoms with van der Waals surface area (Å²) in [5.74, 6) is -7.78. The molecule has 1 fully saturated rings. The molecule has 3 aliphatic rings. The number of anilines is 2. The molecule has 3 aliphatic carbocycles. The third-order valence-corrected chi connectivity index (χ3v) is 8.08. The molecule has 4 rings (SSSR count). The Labute approximate surface area is 250 Å². The second-order valence-electron chi connectivity index (χ2n) is 10.2. The van der Waals surface area contributed by atoms with Gasteiger partial charge in [0.2, 0.25) is 11.7 Å². The van der Waals surface area contributed by atoms with E-state index in [9.17, 15) is 39.6 Å². The average Bonchev–Trinajstić information content (AvgIpc) is 2.82. The number of Topliss-reactive ketones (excluding diaryl/α,β-unsaturated/α-hetero) is 2. The van der Waals surface area contributed by atoms with Gasteiger partial charge in [-0.1, -0.05) is 15.9 Å². The number of halogens is 3. The Morgan fingerprint density at radius 2 is 1.75 bits per heavy atom. The number of ketones is 2. The number of amides is 2. The molecule has 7 N–H and O–H groups in total. The molecule has 40 heavy (non-hydrogen) atoms. The highest BCUT2D eigenvalue weighted by Gasteiger charge is 2.64. The highest BCUT2D eigenvalue weighted by atomic mass is 79.9. The number of rotatable bonds is 5. The Kier molecular flexibility index (Phi) is 9.65. The zero-order valence-electron chi connectivity index (χ0n) is 22.0. The summed E-state index contributed by atoms with van der Waals surface area (Å²) >= 11 is 3.04. The number of hydrogen-bond acceptors (Lipinski definition) is 10. The first kappa shape index (κ1) is 33.4. The SMILES string of the molecule is CN(C)c1cc(NC(=O)CBr)c(O)c2c1CC1CC3[C@H](N(C)C)C(=O)C(C(N)=O)=C(O)C3(O)C(=O)C1=C2O.Cl.Cl. The first-order chi connectivity index (χ1) is 17.7. The predicted octanol–water partition coefficient (Wildman–Crippen LogP) is 1.21. The number of phenols is 1. The Hall–Kier alpha value is -2.84. The quantitative estimate of drug-likeness (QED) is 0.151. The largest absolute Gasteiger partial charge is 0.508 e. The molecule has 1 saturated carbocycles. The van der Waals surface area contributed by atoms with Crippen LogP contribution >= 0.6 is 40.7 Å². The average molecular weight is 666 g/mol. The molecule has 3 unspecified atom stereocenters. The van der Waals surface area contributed by atoms with Crippen molar-refractivity contribution in [3.8, 4) is 5.75 Å². The topological polar surface area (TPSA) is 194 Å². The number of aliphatic hydroxyl groups excluding tert-OH is 2. The summed E-state index contributed by atoms with van der Waals surface area (Å²) in [6.45, 7) is 0. The minimum Gasteiger partial charge on any atom is -0.508 e. The van der Waals surface area contributed by atoms with Crippen LogP contribution in [-0.4, -0.2) is 93.9 Å². The number of primary amides is 1. The number of alkyl halides is 1. The van der Waals surface area contributed by atoms with Crippen molar-refractivity contribution in [1.29, 1.82) is 0 Å². The van der Waals surface area contributed by atoms with E-state index in [4.69, 9.17) is 5.73 Å². The minimum absolute atomic E-state index is 0. The zero-order chi connectivity index (χ0) is 28.4. The van der Waals surface area contributed by atoms with Crippen molar-refractivity contribution in [3.63, 3.8) is 0 Å². The van der Waals surface area contributed by atoms with Crippen molar-refractivity contribution in [2.24, 2.45) is 17.6 Å². The zero-order valence-corrected chi connectivity index (χ0v) is 25.2. The van der Waals surface area contributed by atoms with Gasteiger partial charge < -0.3 is 36.4 Å². The van der Waals surface area contributed by atoms with Crippen molar-refractivity contribution in [3.05, 3.63) is 34.1 Å². The molecule has 4 atom stereocenters. The summed E-state index contributed by atoms with van der Waals surface area (Å²) in [4.78, 5) is 54.4. The molecule has 0 aliphatic heterocycles. The van der Waals surface area contributed by atoms with Gasteiger partial charge in [0.25, 0.3) is 5.91 Å². The standard InChI is InChI=1S/C25H29BrN4O8.2ClH/c1-29(2)13-7-12(28-14(31)8-26)19(32)16-10(13)5-9-6-11-18(30(3)4)21(34)17(24(27)37)23(36)25(11,38)22(35)15(9)20(16)33;;/h7,9,11,18,32-33,36,38H,5-6,8H2,1-4H3,(H2,27,37)(H,28,31);2*1H/t9?,11?,18-,25?;;/m0../s1. The van der Waals surface area contributed by atoms with Gasteiger partial charge in [0.05, 0.1) is 22.6 Å². The van der Waals surface area contributed by atoms with Crippen LogP contribution in [0, 0.1) is 11.8 Å². The number of carbonyl (C=O) groups excluding carboxylic acids is 4. The van der Waals surface area contributed by atoms with Crippen LogP contribution in [0.3, 0.4) is 0 Å². The van der Waals surface area contributed by atoms with E-state index in [0.29, 0.717) is 11.3 Å². The fourth-order valence-corrected chi connectivity index (χ4v) is 6.11. The van der Waals surface area contributed by atoms with Gasteiger partial charge in [0.15, 0.2) is 11.4 Å². The van der Waals surface area contributed by atoms with Crippen molar-refractivity contribution in [2.45, 2.75) is 24.5 Å². The van der Waals surface area contributed by atoms with Crippen LogP contribution in [0.5, 0.6) is 5.75 Å². The highest BCUT2D eigenvalue weighted by Crippen LogP contribution is 2.54. The van der Waals surface area contributed by atoms with Crippen LogP contribution < -0.4 is 16.0 Å². The molecule has 2 amide bonds. The van der Waals surface area contributed by atoms with Gasteiger partial charge in [-0.25, -0.2) is 0 Å². The summed E-state index contributed by atoms with van der Waals surface area (Å²) in [6.07, 6.45) is 0.129. The van der Waals surface area contributed by atoms with Gasteiger partial charge in [-0.05, 0) is 44.5 Å². The maximum absolute atomic E-state index is 13.9. The van der Waals surface area contributed by atoms with Gasteiger partial charge in [-0.3, -0.25) is 24.1 Å². The number of aliphatic hydroxyl groups is 3. The van der Waals surface area contributed by atoms with E-state index in [1.807, 2.05) is 0 Å². The van der Waals surface area contributed by atoms with E-state index in [-0.39, 0.29) is 59.8 Å². The Balaban J connectivity index is 0.00000280. The monoisotopic (exact) mass is 664 g/mol. The maximum atomic E-state index is 13.9. The number of phenolic OH excluding ortho intramolecular Hbond substituents is 1. The second kappa shape index (κ2) is 11.6. The molecule has 0 saturated heterocycles. The van der Waals surface area contributed by atoms with Gasteiger partial charge in [0, 0.05) is 31.3 Å². The van der Waals surface area contributed by atoms with Crippen LogP contribution in [-0.2, 0) is 25.6 Å². The van der Waals surface area contributed by atoms with Crippen LogP contribution in [0.2, 0.25) is 0 Å². The van der Waals surface area contributed by atoms with Crippen LogP contribution in [0.25, 0.3) is 5.76 Å². The number of aromatic hydroxyl groups is 1. The molecular formula is C25H31BrCl2N4O8. The van der Waals surface area contributed by atoms with Crippen LogP contribution in [0.4, 0.5) is 11.4 Å². The lowest BCUT2D eigenvalue weighted by Gasteiger charge is -2.50. The first-order valence-electron chi connectivity index (χ1n) is 11.7. The number of nitrogens with one attached hydrogen (secondary N) is 1. The van der Waals surface area contributed by atoms with E-state index in [0.717, 1.165) is 0 Å². The molecule has 0 heterocycles. The van der Waals surface area contributed by atoms with Gasteiger partial charge in [-0.15, -0.1) is 24.8 Å². The third-order valence-electron chi connectivity index (χ3n) is 7.57. The summed E-state index contributed by atoms with van der Waals surface area (Å²) < 4.78 is 0. The molecule has 1 aromatic rings. The van der Waals surface area contributed by atoms with Crippen molar-refractivity contribution in [2.75, 3.05) is 43.7 Å². The van der Waals surface area contributed by atoms with E-state index < -0.39 is 69.7 Å². The van der Waals surface area contributed by atoms with Gasteiger partial charge >= 0.3 is 0 Å². The Morgan fingerprint density at radius 3 is 2.25 bits per heavy atom. The first-order valence-corrected chi connectivity index (χ1v) is 12.9. The summed E-state index contributed by atoms with van der Waals surface area (Å²) in [5, 5.41) is 47.5. The third kappa shape index (κ3) is 4.73. The molecule has 0 radical (unpaired) electrons. The summed E-state index contributed by atoms with van der Waals surface area (Å²) in [7, 11) is 6.55. The van der Waals surface area contributed by atoms with Crippen LogP contribution in [0.15, 0.2) is 23.0 Å². The van der Waals surface area contributed by atoms with Crippen molar-refractivity contribution < 1.29 is 39.6 Å². The Morgan fingerprint density at radius 1 is 1.15 bits per heavy atom. The number of likely N-dealkylation sites (N-methyl/N-ethyl adjacent to an activating group) is 1. The van der Waals surface area contributed by atoms with Crippen LogP contribution in [0.1, 0.15) is 17.5 Å². The van der Waals surface area contributed by atoms with Gasteiger partial charge in [0.1, 0.15) is 22.8 Å². The lowest BCUT2D eigenvalue weighted by molar-refractivity contribution is -0.153. The fourth-order valence-electron chi connectivity index (χ4n) is 5.97. The molecular weight excluding hydrogens is 635 g/mol. The van der Waals surface area contributed by atoms with E-state index >= 15 is 0 Å². The van der Waals surface area contributed by atoms with E-state index in [1.54, 1.807) is 39.2 Å². The predicted molar refractivity (Wildman–Crippen MR) is 155 cm³/mol. The second-order valence-corrected chi connectivity index (χ2v) is 10.7. The smallest absolute Gasteiger partial charge is 0.255 e. The maximum Gasteiger partial charge on any atom is 0.255 e. The van der Waals surface area contributed by atoms with Crippen molar-refractivity contribution in [1.82, 2.24) is 4.90 Å². The van der Waals surface area contributed by atoms with E-state index in [2.05, 4.69) is 21.2 Å². The highest BCUT2D eigenvalue weighted by molar-refractivity contribution is 9.09. The van der Waals surface area contributed by atoms with Crippen molar-refractivity contribution >= 4 is 81.3 Å². The molecule has 1 aromatic carbocycles. The number of benzene rings is 1. The number of fused-ring (bicyclic) bond motifs is 3.